The molecule has 1 heterocycles. The Hall–Kier alpha value is -2.01. The van der Waals surface area contributed by atoms with Gasteiger partial charge >= 0.3 is 0 Å². The Bertz CT molecular complexity index is 831. The number of pyridine rings is 1. The molecule has 3 rings (SSSR count). The van der Waals surface area contributed by atoms with Crippen molar-refractivity contribution < 1.29 is 13.5 Å². The second-order valence-electron chi connectivity index (χ2n) is 4.91. The molecule has 0 saturated heterocycles. The van der Waals surface area contributed by atoms with Crippen LogP contribution in [0.3, 0.4) is 0 Å². The van der Waals surface area contributed by atoms with Crippen molar-refractivity contribution >= 4 is 26.8 Å². The number of ether oxygens (including phenoxy) is 1. The predicted octanol–water partition coefficient (Wildman–Crippen LogP) is 5.16. The summed E-state index contributed by atoms with van der Waals surface area (Å²) < 4.78 is 33.6. The van der Waals surface area contributed by atoms with Crippen molar-refractivity contribution in [2.45, 2.75) is 13.5 Å². The van der Waals surface area contributed by atoms with E-state index in [1.54, 1.807) is 12.1 Å². The van der Waals surface area contributed by atoms with Crippen LogP contribution < -0.4 is 4.74 Å². The molecule has 0 aliphatic rings. The van der Waals surface area contributed by atoms with Gasteiger partial charge in [0.25, 0.3) is 0 Å². The Labute approximate surface area is 134 Å². The molecule has 0 unspecified atom stereocenters. The van der Waals surface area contributed by atoms with Gasteiger partial charge in [0.2, 0.25) is 0 Å². The largest absolute Gasteiger partial charge is 0.489 e. The lowest BCUT2D eigenvalue weighted by Crippen LogP contribution is -2.01. The van der Waals surface area contributed by atoms with E-state index in [2.05, 4.69) is 20.9 Å². The zero-order chi connectivity index (χ0) is 15.7. The molecule has 0 radical (unpaired) electrons. The third-order valence-electron chi connectivity index (χ3n) is 3.30. The first-order chi connectivity index (χ1) is 10.5. The summed E-state index contributed by atoms with van der Waals surface area (Å²) in [6, 6.07) is 11.0. The lowest BCUT2D eigenvalue weighted by Gasteiger charge is -2.10. The van der Waals surface area contributed by atoms with Crippen LogP contribution in [0.4, 0.5) is 8.78 Å². The van der Waals surface area contributed by atoms with E-state index in [-0.39, 0.29) is 12.2 Å². The molecule has 112 valence electrons. The van der Waals surface area contributed by atoms with Crippen LogP contribution in [-0.4, -0.2) is 4.98 Å². The topological polar surface area (TPSA) is 22.1 Å². The van der Waals surface area contributed by atoms with Gasteiger partial charge in [-0.3, -0.25) is 4.98 Å². The molecule has 22 heavy (non-hydrogen) atoms. The normalized spacial score (nSPS) is 10.9. The van der Waals surface area contributed by atoms with Crippen molar-refractivity contribution in [1.82, 2.24) is 4.98 Å². The maximum absolute atomic E-state index is 13.6. The number of aryl methyl sites for hydroxylation is 1. The standard InChI is InChI=1S/C17H12BrF2NO/c1-10-7-14(18)12-8-11(5-6-17(12)21-10)22-9-13-15(19)3-2-4-16(13)20/h2-8H,9H2,1H3. The maximum Gasteiger partial charge on any atom is 0.132 e. The van der Waals surface area contributed by atoms with Crippen LogP contribution in [0.5, 0.6) is 5.75 Å². The molecule has 0 fully saturated rings. The van der Waals surface area contributed by atoms with Crippen molar-refractivity contribution in [3.63, 3.8) is 0 Å². The Morgan fingerprint density at radius 3 is 2.55 bits per heavy atom. The predicted molar refractivity (Wildman–Crippen MR) is 84.9 cm³/mol. The second kappa shape index (κ2) is 6.01. The van der Waals surface area contributed by atoms with Crippen LogP contribution in [0.25, 0.3) is 10.9 Å². The van der Waals surface area contributed by atoms with Crippen LogP contribution in [0.2, 0.25) is 0 Å². The first-order valence-electron chi connectivity index (χ1n) is 6.67. The summed E-state index contributed by atoms with van der Waals surface area (Å²) in [6.45, 7) is 1.75. The lowest BCUT2D eigenvalue weighted by molar-refractivity contribution is 0.293. The molecule has 0 spiro atoms. The molecule has 0 amide bonds. The molecule has 0 saturated carbocycles. The summed E-state index contributed by atoms with van der Waals surface area (Å²) in [7, 11) is 0. The van der Waals surface area contributed by atoms with Gasteiger partial charge in [0.15, 0.2) is 0 Å². The highest BCUT2D eigenvalue weighted by molar-refractivity contribution is 9.10. The Morgan fingerprint density at radius 2 is 1.82 bits per heavy atom. The molecule has 0 bridgehead atoms. The molecule has 5 heteroatoms. The van der Waals surface area contributed by atoms with Gasteiger partial charge < -0.3 is 4.74 Å². The fourth-order valence-corrected chi connectivity index (χ4v) is 2.85. The molecule has 0 atom stereocenters. The summed E-state index contributed by atoms with van der Waals surface area (Å²) in [5.41, 5.74) is 1.65. The van der Waals surface area contributed by atoms with Gasteiger partial charge in [-0.1, -0.05) is 22.0 Å². The van der Waals surface area contributed by atoms with Crippen molar-refractivity contribution in [2.24, 2.45) is 0 Å². The Balaban J connectivity index is 1.89. The van der Waals surface area contributed by atoms with E-state index in [9.17, 15) is 8.78 Å². The van der Waals surface area contributed by atoms with E-state index >= 15 is 0 Å². The summed E-state index contributed by atoms with van der Waals surface area (Å²) in [4.78, 5) is 4.42. The lowest BCUT2D eigenvalue weighted by atomic mass is 10.2. The highest BCUT2D eigenvalue weighted by atomic mass is 79.9. The minimum absolute atomic E-state index is 0.0799. The molecule has 2 aromatic carbocycles. The minimum atomic E-state index is -0.612. The number of nitrogens with zero attached hydrogens (tertiary/aromatic N) is 1. The Morgan fingerprint density at radius 1 is 1.09 bits per heavy atom. The second-order valence-corrected chi connectivity index (χ2v) is 5.77. The zero-order valence-corrected chi connectivity index (χ0v) is 13.3. The molecule has 1 aromatic heterocycles. The fourth-order valence-electron chi connectivity index (χ4n) is 2.20. The zero-order valence-electron chi connectivity index (χ0n) is 11.7. The number of rotatable bonds is 3. The number of halogens is 3. The van der Waals surface area contributed by atoms with Crippen molar-refractivity contribution in [2.75, 3.05) is 0 Å². The van der Waals surface area contributed by atoms with Crippen LogP contribution in [0.1, 0.15) is 11.3 Å². The minimum Gasteiger partial charge on any atom is -0.489 e. The molecule has 0 N–H and O–H groups in total. The third kappa shape index (κ3) is 2.95. The average Bonchev–Trinajstić information content (AvgIpc) is 2.47. The van der Waals surface area contributed by atoms with E-state index in [4.69, 9.17) is 4.74 Å². The quantitative estimate of drug-likeness (QED) is 0.640. The number of fused-ring (bicyclic) bond motifs is 1. The van der Waals surface area contributed by atoms with E-state index in [0.717, 1.165) is 21.1 Å². The first kappa shape index (κ1) is 14.9. The third-order valence-corrected chi connectivity index (χ3v) is 3.96. The van der Waals surface area contributed by atoms with E-state index in [1.165, 1.54) is 18.2 Å². The van der Waals surface area contributed by atoms with Gasteiger partial charge in [-0.15, -0.1) is 0 Å². The van der Waals surface area contributed by atoms with Gasteiger partial charge in [-0.25, -0.2) is 8.78 Å². The molecule has 0 aliphatic heterocycles. The van der Waals surface area contributed by atoms with Crippen molar-refractivity contribution in [3.8, 4) is 5.75 Å². The van der Waals surface area contributed by atoms with Gasteiger partial charge in [0.05, 0.1) is 11.1 Å². The first-order valence-corrected chi connectivity index (χ1v) is 7.46. The average molecular weight is 364 g/mol. The number of hydrogen-bond donors (Lipinski definition) is 0. The summed E-state index contributed by atoms with van der Waals surface area (Å²) in [5, 5.41) is 0.886. The molecule has 0 aliphatic carbocycles. The van der Waals surface area contributed by atoms with Gasteiger partial charge in [-0.05, 0) is 43.3 Å². The summed E-state index contributed by atoms with van der Waals surface area (Å²) >= 11 is 3.49. The van der Waals surface area contributed by atoms with Crippen LogP contribution in [0, 0.1) is 18.6 Å². The fraction of sp³-hybridized carbons (Fsp3) is 0.118. The number of benzene rings is 2. The van der Waals surface area contributed by atoms with E-state index in [0.29, 0.717) is 5.75 Å². The summed E-state index contributed by atoms with van der Waals surface area (Å²) in [6.07, 6.45) is 0. The number of hydrogen-bond acceptors (Lipinski definition) is 2. The van der Waals surface area contributed by atoms with Crippen molar-refractivity contribution in [1.29, 1.82) is 0 Å². The monoisotopic (exact) mass is 363 g/mol. The summed E-state index contributed by atoms with van der Waals surface area (Å²) in [5.74, 6) is -0.694. The van der Waals surface area contributed by atoms with Gasteiger partial charge in [0.1, 0.15) is 24.0 Å². The van der Waals surface area contributed by atoms with Crippen molar-refractivity contribution in [3.05, 3.63) is 69.8 Å². The van der Waals surface area contributed by atoms with Crippen LogP contribution in [0.15, 0.2) is 46.9 Å². The van der Waals surface area contributed by atoms with Gasteiger partial charge in [0, 0.05) is 15.6 Å². The molecule has 2 nitrogen and oxygen atoms in total. The van der Waals surface area contributed by atoms with Crippen LogP contribution >= 0.6 is 15.9 Å². The highest BCUT2D eigenvalue weighted by Gasteiger charge is 2.10. The number of aromatic nitrogens is 1. The molecular formula is C17H12BrF2NO. The smallest absolute Gasteiger partial charge is 0.132 e. The SMILES string of the molecule is Cc1cc(Br)c2cc(OCc3c(F)cccc3F)ccc2n1. The van der Waals surface area contributed by atoms with E-state index in [1.807, 2.05) is 19.1 Å². The Kier molecular flexibility index (Phi) is 4.07. The maximum atomic E-state index is 13.6. The van der Waals surface area contributed by atoms with E-state index < -0.39 is 11.6 Å². The van der Waals surface area contributed by atoms with Crippen LogP contribution in [-0.2, 0) is 6.61 Å². The van der Waals surface area contributed by atoms with Gasteiger partial charge in [-0.2, -0.15) is 0 Å². The molecule has 3 aromatic rings. The molecular weight excluding hydrogens is 352 g/mol. The highest BCUT2D eigenvalue weighted by Crippen LogP contribution is 2.28.